The van der Waals surface area contributed by atoms with Crippen molar-refractivity contribution >= 4 is 52.8 Å². The van der Waals surface area contributed by atoms with Gasteiger partial charge in [-0.2, -0.15) is 13.2 Å². The molecule has 4 amide bonds. The Hall–Kier alpha value is -4.31. The highest BCUT2D eigenvalue weighted by Gasteiger charge is 2.42. The molecule has 6 rings (SSSR count). The van der Waals surface area contributed by atoms with Crippen LogP contribution in [0.25, 0.3) is 0 Å². The molecule has 48 heavy (non-hydrogen) atoms. The van der Waals surface area contributed by atoms with Gasteiger partial charge in [-0.05, 0) is 66.7 Å². The molecule has 3 heterocycles. The van der Waals surface area contributed by atoms with Gasteiger partial charge in [0, 0.05) is 47.1 Å². The maximum Gasteiger partial charge on any atom is 0.420 e. The zero-order chi connectivity index (χ0) is 34.0. The Balaban J connectivity index is 1.29. The van der Waals surface area contributed by atoms with Crippen LogP contribution in [0, 0.1) is 0 Å². The monoisotopic (exact) mass is 699 g/mol. The quantitative estimate of drug-likeness (QED) is 0.340. The third-order valence-electron chi connectivity index (χ3n) is 7.78. The number of imide groups is 1. The second kappa shape index (κ2) is 14.0. The van der Waals surface area contributed by atoms with Crippen LogP contribution >= 0.6 is 23.5 Å². The lowest BCUT2D eigenvalue weighted by molar-refractivity contribution is -0.138. The fourth-order valence-corrected chi connectivity index (χ4v) is 7.24. The summed E-state index contributed by atoms with van der Waals surface area (Å²) in [7, 11) is 0. The topological polar surface area (TPSA) is 117 Å². The summed E-state index contributed by atoms with van der Waals surface area (Å²) in [6.45, 7) is 3.63. The van der Waals surface area contributed by atoms with Crippen molar-refractivity contribution in [3.8, 4) is 5.75 Å². The molecule has 250 valence electrons. The number of morpholine rings is 2. The van der Waals surface area contributed by atoms with E-state index in [9.17, 15) is 37.5 Å². The first kappa shape index (κ1) is 33.6. The van der Waals surface area contributed by atoms with Crippen molar-refractivity contribution in [1.82, 2.24) is 9.80 Å². The summed E-state index contributed by atoms with van der Waals surface area (Å²) in [5.41, 5.74) is -0.898. The predicted molar refractivity (Wildman–Crippen MR) is 171 cm³/mol. The average Bonchev–Trinajstić information content (AvgIpc) is 3.32. The van der Waals surface area contributed by atoms with Gasteiger partial charge >= 0.3 is 6.18 Å². The molecule has 2 fully saturated rings. The van der Waals surface area contributed by atoms with E-state index >= 15 is 0 Å². The maximum atomic E-state index is 13.8. The minimum atomic E-state index is -4.94. The molecule has 0 atom stereocenters. The van der Waals surface area contributed by atoms with E-state index < -0.39 is 29.3 Å². The number of phenolic OH excluding ortho intramolecular Hbond substituents is 1. The molecule has 0 saturated carbocycles. The van der Waals surface area contributed by atoms with Crippen molar-refractivity contribution in [3.63, 3.8) is 0 Å². The number of anilines is 1. The summed E-state index contributed by atoms with van der Waals surface area (Å²) in [6.07, 6.45) is -4.94. The molecule has 3 aliphatic rings. The largest absolute Gasteiger partial charge is 0.507 e. The molecule has 10 nitrogen and oxygen atoms in total. The van der Waals surface area contributed by atoms with Gasteiger partial charge in [0.15, 0.2) is 0 Å². The van der Waals surface area contributed by atoms with Crippen molar-refractivity contribution in [2.75, 3.05) is 57.5 Å². The van der Waals surface area contributed by atoms with Crippen LogP contribution in [0.3, 0.4) is 0 Å². The lowest BCUT2D eigenvalue weighted by atomic mass is 10.1. The first-order chi connectivity index (χ1) is 23.0. The van der Waals surface area contributed by atoms with E-state index in [0.29, 0.717) is 84.5 Å². The fourth-order valence-electron chi connectivity index (χ4n) is 5.26. The first-order valence-electron chi connectivity index (χ1n) is 14.8. The maximum absolute atomic E-state index is 13.8. The molecule has 0 bridgehead atoms. The van der Waals surface area contributed by atoms with Gasteiger partial charge in [-0.1, -0.05) is 23.5 Å². The molecule has 0 unspecified atom stereocenters. The Kier molecular flexibility index (Phi) is 9.83. The number of carbonyl (C=O) groups is 4. The molecule has 2 saturated heterocycles. The zero-order valence-corrected chi connectivity index (χ0v) is 26.8. The van der Waals surface area contributed by atoms with Crippen LogP contribution < -0.4 is 4.90 Å². The Morgan fingerprint density at radius 3 is 1.48 bits per heavy atom. The molecule has 0 aliphatic carbocycles. The van der Waals surface area contributed by atoms with Crippen molar-refractivity contribution < 1.29 is 46.9 Å². The standard InChI is InChI=1S/C33H28F3N3O7S2/c34-33(35,36)25-19-22(5-10-26(25)40)39-31(43)27(47-23-6-1-20(2-7-23)29(41)37-11-15-45-16-12-37)28(32(39)44)48-24-8-3-21(4-9-24)30(42)38-13-17-46-18-14-38/h1-10,19,40H,11-18H2. The third kappa shape index (κ3) is 7.09. The average molecular weight is 700 g/mol. The molecule has 3 aromatic rings. The van der Waals surface area contributed by atoms with Crippen LogP contribution in [0.15, 0.2) is 86.3 Å². The molecule has 0 spiro atoms. The summed E-state index contributed by atoms with van der Waals surface area (Å²) >= 11 is 1.88. The number of hydrogen-bond acceptors (Lipinski definition) is 9. The number of thioether (sulfide) groups is 2. The lowest BCUT2D eigenvalue weighted by Gasteiger charge is -2.26. The number of amides is 4. The van der Waals surface area contributed by atoms with Gasteiger partial charge in [-0.15, -0.1) is 0 Å². The number of phenols is 1. The van der Waals surface area contributed by atoms with Crippen molar-refractivity contribution in [3.05, 3.63) is 93.2 Å². The minimum Gasteiger partial charge on any atom is -0.507 e. The van der Waals surface area contributed by atoms with E-state index in [4.69, 9.17) is 9.47 Å². The van der Waals surface area contributed by atoms with Crippen LogP contribution in [0.4, 0.5) is 18.9 Å². The minimum absolute atomic E-state index is 0.0349. The van der Waals surface area contributed by atoms with Crippen molar-refractivity contribution in [2.24, 2.45) is 0 Å². The number of halogens is 3. The second-order valence-corrected chi connectivity index (χ2v) is 13.0. The van der Waals surface area contributed by atoms with Gasteiger partial charge in [0.2, 0.25) is 0 Å². The first-order valence-corrected chi connectivity index (χ1v) is 16.5. The third-order valence-corrected chi connectivity index (χ3v) is 10.1. The molecule has 15 heteroatoms. The normalized spacial score (nSPS) is 17.4. The van der Waals surface area contributed by atoms with E-state index in [1.807, 2.05) is 0 Å². The number of carbonyl (C=O) groups excluding carboxylic acids is 4. The summed E-state index contributed by atoms with van der Waals surface area (Å²) in [5, 5.41) is 9.83. The summed E-state index contributed by atoms with van der Waals surface area (Å²) in [5.74, 6) is -3.09. The number of ether oxygens (including phenoxy) is 2. The number of aromatic hydroxyl groups is 1. The van der Waals surface area contributed by atoms with E-state index in [1.54, 1.807) is 58.3 Å². The Labute approximate surface area is 281 Å². The highest BCUT2D eigenvalue weighted by Crippen LogP contribution is 2.45. The lowest BCUT2D eigenvalue weighted by Crippen LogP contribution is -2.40. The van der Waals surface area contributed by atoms with Crippen LogP contribution in [-0.4, -0.2) is 91.1 Å². The SMILES string of the molecule is O=C(c1ccc(SC2=C(Sc3ccc(C(=O)N4CCOCC4)cc3)C(=O)N(c3ccc(O)c(C(F)(F)F)c3)C2=O)cc1)N1CCOCC1. The number of nitrogens with zero attached hydrogens (tertiary/aromatic N) is 3. The van der Waals surface area contributed by atoms with Crippen LogP contribution in [0.2, 0.25) is 0 Å². The highest BCUT2D eigenvalue weighted by molar-refractivity contribution is 8.08. The number of hydrogen-bond donors (Lipinski definition) is 1. The fraction of sp³-hybridized carbons (Fsp3) is 0.273. The van der Waals surface area contributed by atoms with E-state index in [2.05, 4.69) is 0 Å². The number of rotatable bonds is 7. The zero-order valence-electron chi connectivity index (χ0n) is 25.2. The molecule has 0 radical (unpaired) electrons. The van der Waals surface area contributed by atoms with E-state index in [-0.39, 0.29) is 27.3 Å². The molecule has 0 aromatic heterocycles. The summed E-state index contributed by atoms with van der Waals surface area (Å²) in [4.78, 5) is 58.4. The smallest absolute Gasteiger partial charge is 0.420 e. The Morgan fingerprint density at radius 1 is 0.667 bits per heavy atom. The van der Waals surface area contributed by atoms with Gasteiger partial charge in [-0.3, -0.25) is 19.2 Å². The van der Waals surface area contributed by atoms with Crippen LogP contribution in [0.5, 0.6) is 5.75 Å². The predicted octanol–water partition coefficient (Wildman–Crippen LogP) is 5.03. The Morgan fingerprint density at radius 2 is 1.08 bits per heavy atom. The van der Waals surface area contributed by atoms with Gasteiger partial charge < -0.3 is 24.4 Å². The van der Waals surface area contributed by atoms with Gasteiger partial charge in [0.25, 0.3) is 23.6 Å². The summed E-state index contributed by atoms with van der Waals surface area (Å²) in [6, 6.07) is 15.3. The number of alkyl halides is 3. The van der Waals surface area contributed by atoms with E-state index in [1.165, 1.54) is 0 Å². The van der Waals surface area contributed by atoms with Crippen LogP contribution in [-0.2, 0) is 25.2 Å². The van der Waals surface area contributed by atoms with Gasteiger partial charge in [0.05, 0.1) is 47.5 Å². The van der Waals surface area contributed by atoms with Crippen molar-refractivity contribution in [2.45, 2.75) is 16.0 Å². The van der Waals surface area contributed by atoms with Crippen LogP contribution in [0.1, 0.15) is 26.3 Å². The van der Waals surface area contributed by atoms with Crippen molar-refractivity contribution in [1.29, 1.82) is 0 Å². The highest BCUT2D eigenvalue weighted by atomic mass is 32.2. The second-order valence-electron chi connectivity index (χ2n) is 10.9. The Bertz CT molecular complexity index is 1670. The molecule has 3 aromatic carbocycles. The number of benzene rings is 3. The molecular weight excluding hydrogens is 672 g/mol. The van der Waals surface area contributed by atoms with Gasteiger partial charge in [0.1, 0.15) is 5.75 Å². The van der Waals surface area contributed by atoms with E-state index in [0.717, 1.165) is 35.7 Å². The van der Waals surface area contributed by atoms with Gasteiger partial charge in [-0.25, -0.2) is 4.90 Å². The molecule has 1 N–H and O–H groups in total. The summed E-state index contributed by atoms with van der Waals surface area (Å²) < 4.78 is 51.5. The molecular formula is C33H28F3N3O7S2. The molecule has 3 aliphatic heterocycles.